The van der Waals surface area contributed by atoms with Gasteiger partial charge in [-0.3, -0.25) is 0 Å². The van der Waals surface area contributed by atoms with Crippen LogP contribution in [0.5, 0.6) is 0 Å². The quantitative estimate of drug-likeness (QED) is 0.810. The van der Waals surface area contributed by atoms with Crippen LogP contribution in [0.1, 0.15) is 11.1 Å². The summed E-state index contributed by atoms with van der Waals surface area (Å²) in [5.74, 6) is 0. The van der Waals surface area contributed by atoms with Gasteiger partial charge in [0, 0.05) is 18.7 Å². The number of ether oxygens (including phenoxy) is 1. The molecule has 1 aromatic carbocycles. The molecule has 0 radical (unpaired) electrons. The summed E-state index contributed by atoms with van der Waals surface area (Å²) < 4.78 is 5.03. The summed E-state index contributed by atoms with van der Waals surface area (Å²) in [6.45, 7) is 1.56. The number of rotatable bonds is 5. The maximum Gasteiger partial charge on any atom is 0.0502 e. The van der Waals surface area contributed by atoms with Gasteiger partial charge in [0.15, 0.2) is 0 Å². The molecule has 0 aromatic heterocycles. The summed E-state index contributed by atoms with van der Waals surface area (Å²) in [5.41, 5.74) is 2.41. The first-order chi connectivity index (χ1) is 6.77. The SMILES string of the molecule is CNCc1cc(CCOC)ccc1Cl. The fourth-order valence-electron chi connectivity index (χ4n) is 1.33. The van der Waals surface area contributed by atoms with Crippen LogP contribution < -0.4 is 5.32 Å². The Kier molecular flexibility index (Phi) is 4.94. The fourth-order valence-corrected chi connectivity index (χ4v) is 1.51. The zero-order valence-electron chi connectivity index (χ0n) is 8.64. The highest BCUT2D eigenvalue weighted by Gasteiger charge is 2.00. The van der Waals surface area contributed by atoms with E-state index in [0.29, 0.717) is 0 Å². The zero-order valence-corrected chi connectivity index (χ0v) is 9.40. The zero-order chi connectivity index (χ0) is 10.4. The smallest absolute Gasteiger partial charge is 0.0502 e. The van der Waals surface area contributed by atoms with Gasteiger partial charge in [0.2, 0.25) is 0 Å². The number of halogens is 1. The third-order valence-corrected chi connectivity index (χ3v) is 2.44. The van der Waals surface area contributed by atoms with Gasteiger partial charge in [-0.25, -0.2) is 0 Å². The molecule has 14 heavy (non-hydrogen) atoms. The van der Waals surface area contributed by atoms with Crippen molar-refractivity contribution in [2.75, 3.05) is 20.8 Å². The summed E-state index contributed by atoms with van der Waals surface area (Å²) in [4.78, 5) is 0. The number of nitrogens with one attached hydrogen (secondary N) is 1. The van der Waals surface area contributed by atoms with Crippen LogP contribution >= 0.6 is 11.6 Å². The standard InChI is InChI=1S/C11H16ClNO/c1-13-8-10-7-9(5-6-14-2)3-4-11(10)12/h3-4,7,13H,5-6,8H2,1-2H3. The van der Waals surface area contributed by atoms with Gasteiger partial charge in [-0.15, -0.1) is 0 Å². The molecule has 1 N–H and O–H groups in total. The molecular formula is C11H16ClNO. The Morgan fingerprint density at radius 1 is 1.43 bits per heavy atom. The van der Waals surface area contributed by atoms with Gasteiger partial charge in [-0.05, 0) is 30.7 Å². The van der Waals surface area contributed by atoms with E-state index in [9.17, 15) is 0 Å². The Balaban J connectivity index is 2.72. The van der Waals surface area contributed by atoms with Gasteiger partial charge < -0.3 is 10.1 Å². The predicted molar refractivity (Wildman–Crippen MR) is 59.8 cm³/mol. The van der Waals surface area contributed by atoms with Crippen molar-refractivity contribution in [2.45, 2.75) is 13.0 Å². The minimum absolute atomic E-state index is 0.751. The summed E-state index contributed by atoms with van der Waals surface area (Å²) in [5, 5.41) is 3.91. The van der Waals surface area contributed by atoms with Crippen LogP contribution in [-0.2, 0) is 17.7 Å². The Morgan fingerprint density at radius 3 is 2.86 bits per heavy atom. The van der Waals surface area contributed by atoms with Gasteiger partial charge in [-0.2, -0.15) is 0 Å². The first kappa shape index (κ1) is 11.5. The van der Waals surface area contributed by atoms with Crippen molar-refractivity contribution in [3.63, 3.8) is 0 Å². The largest absolute Gasteiger partial charge is 0.384 e. The van der Waals surface area contributed by atoms with Gasteiger partial charge >= 0.3 is 0 Å². The van der Waals surface area contributed by atoms with E-state index in [1.54, 1.807) is 7.11 Å². The molecule has 0 bridgehead atoms. The molecule has 0 heterocycles. The molecule has 0 saturated carbocycles. The second-order valence-corrected chi connectivity index (χ2v) is 3.61. The Bertz CT molecular complexity index is 289. The third kappa shape index (κ3) is 3.29. The van der Waals surface area contributed by atoms with Crippen molar-refractivity contribution in [1.82, 2.24) is 5.32 Å². The van der Waals surface area contributed by atoms with Crippen LogP contribution in [-0.4, -0.2) is 20.8 Å². The molecular weight excluding hydrogens is 198 g/mol. The summed E-state index contributed by atoms with van der Waals surface area (Å²) in [6, 6.07) is 6.11. The predicted octanol–water partition coefficient (Wildman–Crippen LogP) is 2.25. The molecule has 0 unspecified atom stereocenters. The van der Waals surface area contributed by atoms with Crippen molar-refractivity contribution in [2.24, 2.45) is 0 Å². The molecule has 0 aliphatic rings. The minimum atomic E-state index is 0.751. The van der Waals surface area contributed by atoms with Crippen LogP contribution in [0.2, 0.25) is 5.02 Å². The number of hydrogen-bond donors (Lipinski definition) is 1. The van der Waals surface area contributed by atoms with Crippen molar-refractivity contribution in [1.29, 1.82) is 0 Å². The molecule has 0 atom stereocenters. The highest BCUT2D eigenvalue weighted by molar-refractivity contribution is 6.31. The van der Waals surface area contributed by atoms with Gasteiger partial charge in [0.1, 0.15) is 0 Å². The molecule has 0 aliphatic carbocycles. The number of hydrogen-bond acceptors (Lipinski definition) is 2. The van der Waals surface area contributed by atoms with E-state index in [2.05, 4.69) is 11.4 Å². The Morgan fingerprint density at radius 2 is 2.21 bits per heavy atom. The summed E-state index contributed by atoms with van der Waals surface area (Å²) >= 11 is 6.04. The minimum Gasteiger partial charge on any atom is -0.384 e. The van der Waals surface area contributed by atoms with Gasteiger partial charge in [-0.1, -0.05) is 23.7 Å². The summed E-state index contributed by atoms with van der Waals surface area (Å²) in [6.07, 6.45) is 0.935. The maximum atomic E-state index is 6.04. The lowest BCUT2D eigenvalue weighted by atomic mass is 10.1. The van der Waals surface area contributed by atoms with E-state index >= 15 is 0 Å². The van der Waals surface area contributed by atoms with Crippen LogP contribution in [0.3, 0.4) is 0 Å². The summed E-state index contributed by atoms with van der Waals surface area (Å²) in [7, 11) is 3.63. The molecule has 0 saturated heterocycles. The second-order valence-electron chi connectivity index (χ2n) is 3.20. The van der Waals surface area contributed by atoms with E-state index in [1.807, 2.05) is 19.2 Å². The topological polar surface area (TPSA) is 21.3 Å². The molecule has 3 heteroatoms. The first-order valence-electron chi connectivity index (χ1n) is 4.68. The van der Waals surface area contributed by atoms with Gasteiger partial charge in [0.25, 0.3) is 0 Å². The van der Waals surface area contributed by atoms with Crippen molar-refractivity contribution in [3.05, 3.63) is 34.3 Å². The monoisotopic (exact) mass is 213 g/mol. The molecule has 0 fully saturated rings. The second kappa shape index (κ2) is 6.02. The normalized spacial score (nSPS) is 10.5. The Labute approximate surface area is 90.2 Å². The third-order valence-electron chi connectivity index (χ3n) is 2.07. The van der Waals surface area contributed by atoms with Crippen LogP contribution in [0, 0.1) is 0 Å². The van der Waals surface area contributed by atoms with Crippen molar-refractivity contribution >= 4 is 11.6 Å². The maximum absolute atomic E-state index is 6.04. The fraction of sp³-hybridized carbons (Fsp3) is 0.455. The van der Waals surface area contributed by atoms with Gasteiger partial charge in [0.05, 0.1) is 6.61 Å². The molecule has 0 spiro atoms. The van der Waals surface area contributed by atoms with Crippen LogP contribution in [0.25, 0.3) is 0 Å². The van der Waals surface area contributed by atoms with E-state index in [0.717, 1.165) is 30.2 Å². The highest BCUT2D eigenvalue weighted by atomic mass is 35.5. The molecule has 0 aliphatic heterocycles. The van der Waals surface area contributed by atoms with E-state index < -0.39 is 0 Å². The number of methoxy groups -OCH3 is 1. The van der Waals surface area contributed by atoms with E-state index in [4.69, 9.17) is 16.3 Å². The molecule has 1 rings (SSSR count). The lowest BCUT2D eigenvalue weighted by Crippen LogP contribution is -2.06. The lowest BCUT2D eigenvalue weighted by molar-refractivity contribution is 0.202. The molecule has 0 amide bonds. The molecule has 2 nitrogen and oxygen atoms in total. The lowest BCUT2D eigenvalue weighted by Gasteiger charge is -2.06. The van der Waals surface area contributed by atoms with Crippen LogP contribution in [0.15, 0.2) is 18.2 Å². The van der Waals surface area contributed by atoms with E-state index in [-0.39, 0.29) is 0 Å². The highest BCUT2D eigenvalue weighted by Crippen LogP contribution is 2.17. The average molecular weight is 214 g/mol. The van der Waals surface area contributed by atoms with Crippen LogP contribution in [0.4, 0.5) is 0 Å². The van der Waals surface area contributed by atoms with E-state index in [1.165, 1.54) is 5.56 Å². The van der Waals surface area contributed by atoms with Crippen molar-refractivity contribution in [3.8, 4) is 0 Å². The average Bonchev–Trinajstić information content (AvgIpc) is 2.19. The van der Waals surface area contributed by atoms with Crippen molar-refractivity contribution < 1.29 is 4.74 Å². The first-order valence-corrected chi connectivity index (χ1v) is 5.06. The number of benzene rings is 1. The molecule has 1 aromatic rings. The molecule has 78 valence electrons. The Hall–Kier alpha value is -0.570.